The Hall–Kier alpha value is -2.43. The lowest BCUT2D eigenvalue weighted by Gasteiger charge is -2.03. The molecule has 5 heteroatoms. The molecule has 0 amide bonds. The van der Waals surface area contributed by atoms with E-state index in [2.05, 4.69) is 4.98 Å². The number of halogens is 1. The van der Waals surface area contributed by atoms with Gasteiger partial charge in [0.05, 0.1) is 16.6 Å². The van der Waals surface area contributed by atoms with Crippen molar-refractivity contribution in [1.82, 2.24) is 9.55 Å². The first-order valence-electron chi connectivity index (χ1n) is 5.88. The summed E-state index contributed by atoms with van der Waals surface area (Å²) in [5, 5.41) is 11.0. The average Bonchev–Trinajstić information content (AvgIpc) is 2.66. The highest BCUT2D eigenvalue weighted by molar-refractivity contribution is 5.81. The van der Waals surface area contributed by atoms with Crippen molar-refractivity contribution in [2.24, 2.45) is 7.05 Å². The Morgan fingerprint density at radius 1 is 1.32 bits per heavy atom. The number of aromatic nitrogens is 3. The Morgan fingerprint density at radius 2 is 2.11 bits per heavy atom. The molecule has 0 atom stereocenters. The van der Waals surface area contributed by atoms with Gasteiger partial charge in [0.15, 0.2) is 12.0 Å². The number of benzene rings is 1. The molecule has 0 unspecified atom stereocenters. The first-order chi connectivity index (χ1) is 9.06. The Balaban J connectivity index is 2.27. The van der Waals surface area contributed by atoms with Crippen LogP contribution in [0.15, 0.2) is 36.7 Å². The summed E-state index contributed by atoms with van der Waals surface area (Å²) in [4.78, 5) is 4.45. The second kappa shape index (κ2) is 4.05. The average molecular weight is 257 g/mol. The van der Waals surface area contributed by atoms with E-state index in [0.29, 0.717) is 16.1 Å². The molecule has 0 fully saturated rings. The van der Waals surface area contributed by atoms with Gasteiger partial charge in [-0.3, -0.25) is 0 Å². The maximum Gasteiger partial charge on any atom is 0.216 e. The molecule has 0 N–H and O–H groups in total. The molecule has 3 aromatic rings. The predicted octanol–water partition coefficient (Wildman–Crippen LogP) is 2.32. The van der Waals surface area contributed by atoms with E-state index in [1.165, 1.54) is 12.3 Å². The largest absolute Gasteiger partial charge is 0.619 e. The van der Waals surface area contributed by atoms with E-state index in [-0.39, 0.29) is 0 Å². The van der Waals surface area contributed by atoms with E-state index in [4.69, 9.17) is 0 Å². The molecule has 0 bridgehead atoms. The van der Waals surface area contributed by atoms with Crippen molar-refractivity contribution in [3.8, 4) is 11.4 Å². The van der Waals surface area contributed by atoms with Crippen LogP contribution < -0.4 is 4.73 Å². The molecule has 2 aromatic heterocycles. The van der Waals surface area contributed by atoms with Crippen molar-refractivity contribution < 1.29 is 9.12 Å². The van der Waals surface area contributed by atoms with E-state index in [9.17, 15) is 9.60 Å². The van der Waals surface area contributed by atoms with Crippen LogP contribution in [0.5, 0.6) is 0 Å². The van der Waals surface area contributed by atoms with Crippen LogP contribution in [0.25, 0.3) is 22.4 Å². The number of nitrogens with zero attached hydrogens (tertiary/aromatic N) is 3. The van der Waals surface area contributed by atoms with Crippen molar-refractivity contribution in [3.63, 3.8) is 0 Å². The van der Waals surface area contributed by atoms with E-state index in [0.717, 1.165) is 22.8 Å². The molecule has 1 aromatic carbocycles. The smallest absolute Gasteiger partial charge is 0.216 e. The van der Waals surface area contributed by atoms with Gasteiger partial charge in [0, 0.05) is 13.1 Å². The minimum Gasteiger partial charge on any atom is -0.619 e. The fourth-order valence-electron chi connectivity index (χ4n) is 2.18. The maximum atomic E-state index is 13.8. The Labute approximate surface area is 109 Å². The number of hydrogen-bond donors (Lipinski definition) is 0. The highest BCUT2D eigenvalue weighted by Crippen LogP contribution is 2.25. The fraction of sp³-hybridized carbons (Fsp3) is 0.143. The molecule has 0 aliphatic rings. The van der Waals surface area contributed by atoms with Gasteiger partial charge >= 0.3 is 0 Å². The Bertz CT molecular complexity index is 780. The number of imidazole rings is 1. The maximum absolute atomic E-state index is 13.8. The predicted molar refractivity (Wildman–Crippen MR) is 69.8 cm³/mol. The second-order valence-electron chi connectivity index (χ2n) is 4.55. The number of aryl methyl sites for hydroxylation is 2. The van der Waals surface area contributed by atoms with Crippen LogP contribution in [-0.2, 0) is 7.05 Å². The zero-order valence-corrected chi connectivity index (χ0v) is 10.6. The number of pyridine rings is 1. The van der Waals surface area contributed by atoms with Gasteiger partial charge in [-0.15, -0.1) is 0 Å². The summed E-state index contributed by atoms with van der Waals surface area (Å²) in [6.45, 7) is 1.98. The van der Waals surface area contributed by atoms with Gasteiger partial charge in [0.25, 0.3) is 0 Å². The van der Waals surface area contributed by atoms with Gasteiger partial charge in [-0.1, -0.05) is 6.07 Å². The van der Waals surface area contributed by atoms with Crippen LogP contribution in [0.2, 0.25) is 0 Å². The molecule has 0 saturated carbocycles. The van der Waals surface area contributed by atoms with Crippen LogP contribution in [0.4, 0.5) is 4.39 Å². The third-order valence-electron chi connectivity index (χ3n) is 3.16. The third kappa shape index (κ3) is 1.83. The lowest BCUT2D eigenvalue weighted by molar-refractivity contribution is -0.607. The number of hydrogen-bond acceptors (Lipinski definition) is 2. The van der Waals surface area contributed by atoms with E-state index < -0.39 is 5.82 Å². The quantitative estimate of drug-likeness (QED) is 0.496. The molecule has 19 heavy (non-hydrogen) atoms. The molecular formula is C14H12FN3O. The summed E-state index contributed by atoms with van der Waals surface area (Å²) < 4.78 is 16.1. The van der Waals surface area contributed by atoms with Gasteiger partial charge in [-0.2, -0.15) is 9.12 Å². The summed E-state index contributed by atoms with van der Waals surface area (Å²) in [7, 11) is 1.83. The summed E-state index contributed by atoms with van der Waals surface area (Å²) in [5.41, 5.74) is 3.17. The van der Waals surface area contributed by atoms with Crippen LogP contribution in [0, 0.1) is 17.9 Å². The van der Waals surface area contributed by atoms with Crippen molar-refractivity contribution >= 4 is 11.0 Å². The first-order valence-corrected chi connectivity index (χ1v) is 5.88. The molecule has 3 rings (SSSR count). The normalized spacial score (nSPS) is 11.1. The zero-order valence-electron chi connectivity index (χ0n) is 10.6. The third-order valence-corrected chi connectivity index (χ3v) is 3.16. The Morgan fingerprint density at radius 3 is 2.84 bits per heavy atom. The lowest BCUT2D eigenvalue weighted by Crippen LogP contribution is -2.25. The summed E-state index contributed by atoms with van der Waals surface area (Å²) in [6, 6.07) is 7.33. The molecule has 0 saturated heterocycles. The SMILES string of the molecule is Cc1ccc2c(c1)nc(-c1cc[n+]([O-])cc1F)n2C. The monoisotopic (exact) mass is 257 g/mol. The van der Waals surface area contributed by atoms with Crippen molar-refractivity contribution in [2.45, 2.75) is 6.92 Å². The molecule has 0 spiro atoms. The standard InChI is InChI=1S/C14H12FN3O/c1-9-3-4-13-12(7-9)16-14(17(13)2)10-5-6-18(19)8-11(10)15/h3-8H,1-2H3. The lowest BCUT2D eigenvalue weighted by atomic mass is 10.2. The van der Waals surface area contributed by atoms with E-state index in [1.54, 1.807) is 0 Å². The topological polar surface area (TPSA) is 44.8 Å². The summed E-state index contributed by atoms with van der Waals surface area (Å²) in [5.74, 6) is -0.0636. The highest BCUT2D eigenvalue weighted by atomic mass is 19.1. The van der Waals surface area contributed by atoms with Gasteiger partial charge in [-0.05, 0) is 24.6 Å². The van der Waals surface area contributed by atoms with Crippen molar-refractivity contribution in [2.75, 3.05) is 0 Å². The highest BCUT2D eigenvalue weighted by Gasteiger charge is 2.15. The van der Waals surface area contributed by atoms with Crippen molar-refractivity contribution in [1.29, 1.82) is 0 Å². The Kier molecular flexibility index (Phi) is 2.48. The van der Waals surface area contributed by atoms with E-state index >= 15 is 0 Å². The minimum atomic E-state index is -0.576. The molecule has 2 heterocycles. The molecule has 0 radical (unpaired) electrons. The van der Waals surface area contributed by atoms with Crippen LogP contribution in [0.1, 0.15) is 5.56 Å². The van der Waals surface area contributed by atoms with Gasteiger partial charge in [0.1, 0.15) is 5.82 Å². The van der Waals surface area contributed by atoms with Crippen molar-refractivity contribution in [3.05, 3.63) is 53.2 Å². The second-order valence-corrected chi connectivity index (χ2v) is 4.55. The van der Waals surface area contributed by atoms with Crippen LogP contribution >= 0.6 is 0 Å². The number of rotatable bonds is 1. The summed E-state index contributed by atoms with van der Waals surface area (Å²) >= 11 is 0. The molecule has 4 nitrogen and oxygen atoms in total. The van der Waals surface area contributed by atoms with Gasteiger partial charge in [0.2, 0.25) is 6.20 Å². The number of fused-ring (bicyclic) bond motifs is 1. The van der Waals surface area contributed by atoms with E-state index in [1.807, 2.05) is 36.7 Å². The molecule has 0 aliphatic carbocycles. The minimum absolute atomic E-state index is 0.323. The molecule has 96 valence electrons. The van der Waals surface area contributed by atoms with Crippen LogP contribution in [0.3, 0.4) is 0 Å². The summed E-state index contributed by atoms with van der Waals surface area (Å²) in [6.07, 6.45) is 2.17. The molecular weight excluding hydrogens is 245 g/mol. The molecule has 0 aliphatic heterocycles. The zero-order chi connectivity index (χ0) is 13.6. The van der Waals surface area contributed by atoms with Gasteiger partial charge < -0.3 is 9.77 Å². The van der Waals surface area contributed by atoms with Gasteiger partial charge in [-0.25, -0.2) is 4.98 Å². The first kappa shape index (κ1) is 11.6. The van der Waals surface area contributed by atoms with Crippen LogP contribution in [-0.4, -0.2) is 9.55 Å². The fourth-order valence-corrected chi connectivity index (χ4v) is 2.18.